The van der Waals surface area contributed by atoms with Crippen LogP contribution in [0, 0.1) is 0 Å². The molecular weight excluding hydrogens is 226 g/mol. The van der Waals surface area contributed by atoms with Crippen molar-refractivity contribution in [3.63, 3.8) is 0 Å². The Morgan fingerprint density at radius 2 is 1.83 bits per heavy atom. The van der Waals surface area contributed by atoms with Crippen molar-refractivity contribution < 1.29 is 0 Å². The number of pyridine rings is 2. The lowest BCUT2D eigenvalue weighted by atomic mass is 9.86. The molecule has 0 spiro atoms. The molecule has 0 aliphatic heterocycles. The third-order valence-electron chi connectivity index (χ3n) is 2.81. The first kappa shape index (κ1) is 12.4. The quantitative estimate of drug-likeness (QED) is 0.807. The maximum Gasteiger partial charge on any atom is 0.271 e. The van der Waals surface area contributed by atoms with E-state index in [0.717, 1.165) is 16.8 Å². The highest BCUT2D eigenvalue weighted by atomic mass is 16.1. The Morgan fingerprint density at radius 3 is 2.39 bits per heavy atom. The summed E-state index contributed by atoms with van der Waals surface area (Å²) in [6.07, 6.45) is 3.45. The minimum Gasteiger partial charge on any atom is -0.394 e. The molecule has 0 amide bonds. The van der Waals surface area contributed by atoms with Crippen molar-refractivity contribution in [2.24, 2.45) is 0 Å². The molecule has 2 rings (SSSR count). The fraction of sp³-hybridized carbons (Fsp3) is 0.286. The van der Waals surface area contributed by atoms with Gasteiger partial charge in [0.05, 0.1) is 5.69 Å². The van der Waals surface area contributed by atoms with Gasteiger partial charge in [-0.3, -0.25) is 9.78 Å². The van der Waals surface area contributed by atoms with Crippen LogP contribution in [-0.4, -0.2) is 9.97 Å². The molecule has 0 fully saturated rings. The van der Waals surface area contributed by atoms with Gasteiger partial charge in [0.15, 0.2) is 0 Å². The van der Waals surface area contributed by atoms with E-state index in [1.165, 1.54) is 0 Å². The lowest BCUT2D eigenvalue weighted by Gasteiger charge is -2.22. The van der Waals surface area contributed by atoms with Gasteiger partial charge in [0.1, 0.15) is 0 Å². The van der Waals surface area contributed by atoms with Crippen LogP contribution in [0.5, 0.6) is 0 Å². The van der Waals surface area contributed by atoms with Crippen LogP contribution in [0.1, 0.15) is 26.5 Å². The van der Waals surface area contributed by atoms with Gasteiger partial charge >= 0.3 is 0 Å². The fourth-order valence-electron chi connectivity index (χ4n) is 1.90. The first-order valence-corrected chi connectivity index (χ1v) is 5.83. The Labute approximate surface area is 106 Å². The highest BCUT2D eigenvalue weighted by Crippen LogP contribution is 2.30. The van der Waals surface area contributed by atoms with Crippen molar-refractivity contribution in [3.05, 3.63) is 46.6 Å². The average Bonchev–Trinajstić information content (AvgIpc) is 2.32. The van der Waals surface area contributed by atoms with Gasteiger partial charge in [-0.15, -0.1) is 0 Å². The van der Waals surface area contributed by atoms with E-state index in [2.05, 4.69) is 30.7 Å². The number of H-pyrrole nitrogens is 1. The summed E-state index contributed by atoms with van der Waals surface area (Å²) < 4.78 is 0. The molecule has 0 saturated heterocycles. The average molecular weight is 243 g/mol. The van der Waals surface area contributed by atoms with Crippen LogP contribution in [0.15, 0.2) is 35.4 Å². The molecule has 2 aromatic heterocycles. The lowest BCUT2D eigenvalue weighted by molar-refractivity contribution is 0.569. The number of anilines is 1. The van der Waals surface area contributed by atoms with Crippen LogP contribution in [0.3, 0.4) is 0 Å². The Hall–Kier alpha value is -2.10. The largest absolute Gasteiger partial charge is 0.394 e. The zero-order chi connectivity index (χ0) is 13.3. The van der Waals surface area contributed by atoms with Crippen molar-refractivity contribution in [3.8, 4) is 11.1 Å². The number of hydrogen-bond acceptors (Lipinski definition) is 3. The molecule has 0 saturated carbocycles. The van der Waals surface area contributed by atoms with E-state index in [1.807, 2.05) is 12.1 Å². The van der Waals surface area contributed by atoms with Crippen LogP contribution in [0.25, 0.3) is 11.1 Å². The minimum absolute atomic E-state index is 0.161. The third kappa shape index (κ3) is 2.27. The van der Waals surface area contributed by atoms with Gasteiger partial charge in [0.2, 0.25) is 0 Å². The van der Waals surface area contributed by atoms with E-state index in [-0.39, 0.29) is 16.7 Å². The number of nitrogen functional groups attached to an aromatic ring is 1. The summed E-state index contributed by atoms with van der Waals surface area (Å²) >= 11 is 0. The van der Waals surface area contributed by atoms with E-state index in [9.17, 15) is 4.79 Å². The van der Waals surface area contributed by atoms with Crippen LogP contribution in [0.2, 0.25) is 0 Å². The Balaban J connectivity index is 2.74. The normalized spacial score (nSPS) is 11.5. The van der Waals surface area contributed by atoms with Crippen molar-refractivity contribution in [2.75, 3.05) is 5.73 Å². The second-order valence-electron chi connectivity index (χ2n) is 5.33. The van der Waals surface area contributed by atoms with Crippen molar-refractivity contribution in [1.82, 2.24) is 9.97 Å². The molecule has 4 heteroatoms. The topological polar surface area (TPSA) is 71.8 Å². The van der Waals surface area contributed by atoms with E-state index < -0.39 is 0 Å². The van der Waals surface area contributed by atoms with Crippen LogP contribution >= 0.6 is 0 Å². The summed E-state index contributed by atoms with van der Waals surface area (Å²) in [5.74, 6) is 0. The zero-order valence-corrected chi connectivity index (χ0v) is 10.8. The Morgan fingerprint density at radius 1 is 1.22 bits per heavy atom. The molecule has 2 aromatic rings. The third-order valence-corrected chi connectivity index (χ3v) is 2.81. The van der Waals surface area contributed by atoms with Crippen LogP contribution in [0.4, 0.5) is 5.69 Å². The molecule has 3 N–H and O–H groups in total. The van der Waals surface area contributed by atoms with Gasteiger partial charge in [-0.2, -0.15) is 0 Å². The fourth-order valence-corrected chi connectivity index (χ4v) is 1.90. The molecular formula is C14H17N3O. The van der Waals surface area contributed by atoms with Gasteiger partial charge in [0.25, 0.3) is 5.56 Å². The SMILES string of the molecule is CC(C)(C)c1[nH]c(=O)c(N)cc1-c1ccncc1. The molecule has 4 nitrogen and oxygen atoms in total. The minimum atomic E-state index is -0.238. The first-order valence-electron chi connectivity index (χ1n) is 5.83. The molecule has 2 heterocycles. The van der Waals surface area contributed by atoms with Crippen molar-refractivity contribution in [2.45, 2.75) is 26.2 Å². The molecule has 0 atom stereocenters. The van der Waals surface area contributed by atoms with Crippen LogP contribution in [-0.2, 0) is 5.41 Å². The predicted octanol–water partition coefficient (Wildman–Crippen LogP) is 2.32. The second-order valence-corrected chi connectivity index (χ2v) is 5.33. The molecule has 0 aliphatic carbocycles. The standard InChI is InChI=1S/C14H17N3O/c1-14(2,3)12-10(8-11(15)13(18)17-12)9-4-6-16-7-5-9/h4-8H,15H2,1-3H3,(H,17,18). The van der Waals surface area contributed by atoms with Gasteiger partial charge in [-0.25, -0.2) is 0 Å². The number of aromatic nitrogens is 2. The first-order chi connectivity index (χ1) is 8.39. The number of nitrogens with zero attached hydrogens (tertiary/aromatic N) is 1. The van der Waals surface area contributed by atoms with E-state index >= 15 is 0 Å². The summed E-state index contributed by atoms with van der Waals surface area (Å²) in [6, 6.07) is 5.54. The Bertz CT molecular complexity index is 609. The monoisotopic (exact) mass is 243 g/mol. The number of nitrogens with two attached hydrogens (primary N) is 1. The lowest BCUT2D eigenvalue weighted by Crippen LogP contribution is -2.22. The summed E-state index contributed by atoms with van der Waals surface area (Å²) in [5, 5.41) is 0. The zero-order valence-electron chi connectivity index (χ0n) is 10.8. The summed E-state index contributed by atoms with van der Waals surface area (Å²) in [4.78, 5) is 18.6. The Kier molecular flexibility index (Phi) is 2.95. The highest BCUT2D eigenvalue weighted by molar-refractivity contribution is 5.69. The number of rotatable bonds is 1. The molecule has 94 valence electrons. The number of hydrogen-bond donors (Lipinski definition) is 2. The molecule has 0 unspecified atom stereocenters. The second kappa shape index (κ2) is 4.29. The van der Waals surface area contributed by atoms with Crippen molar-refractivity contribution in [1.29, 1.82) is 0 Å². The maximum absolute atomic E-state index is 11.7. The van der Waals surface area contributed by atoms with E-state index in [0.29, 0.717) is 0 Å². The molecule has 0 aromatic carbocycles. The van der Waals surface area contributed by atoms with E-state index in [4.69, 9.17) is 5.73 Å². The van der Waals surface area contributed by atoms with Gasteiger partial charge in [-0.05, 0) is 23.8 Å². The summed E-state index contributed by atoms with van der Waals surface area (Å²) in [7, 11) is 0. The van der Waals surface area contributed by atoms with Crippen LogP contribution < -0.4 is 11.3 Å². The summed E-state index contributed by atoms with van der Waals surface area (Å²) in [6.45, 7) is 6.16. The van der Waals surface area contributed by atoms with Gasteiger partial charge in [-0.1, -0.05) is 20.8 Å². The van der Waals surface area contributed by atoms with Gasteiger partial charge in [0, 0.05) is 29.1 Å². The van der Waals surface area contributed by atoms with Crippen molar-refractivity contribution >= 4 is 5.69 Å². The predicted molar refractivity (Wildman–Crippen MR) is 73.4 cm³/mol. The molecule has 0 aliphatic rings. The van der Waals surface area contributed by atoms with E-state index in [1.54, 1.807) is 18.5 Å². The smallest absolute Gasteiger partial charge is 0.271 e. The number of aromatic amines is 1. The molecule has 0 radical (unpaired) electrons. The van der Waals surface area contributed by atoms with Gasteiger partial charge < -0.3 is 10.7 Å². The summed E-state index contributed by atoms with van der Waals surface area (Å²) in [5.41, 5.74) is 8.37. The maximum atomic E-state index is 11.7. The number of nitrogens with one attached hydrogen (secondary N) is 1. The molecule has 18 heavy (non-hydrogen) atoms. The highest BCUT2D eigenvalue weighted by Gasteiger charge is 2.20. The molecule has 0 bridgehead atoms.